The highest BCUT2D eigenvalue weighted by molar-refractivity contribution is 5.38. The molecule has 1 aliphatic rings. The lowest BCUT2D eigenvalue weighted by Crippen LogP contribution is -2.22. The van der Waals surface area contributed by atoms with Crippen LogP contribution in [0.1, 0.15) is 23.7 Å². The Kier molecular flexibility index (Phi) is 2.88. The van der Waals surface area contributed by atoms with Gasteiger partial charge in [-0.2, -0.15) is 10.4 Å². The van der Waals surface area contributed by atoms with Crippen LogP contribution >= 0.6 is 0 Å². The fraction of sp³-hybridized carbons (Fsp3) is 0.385. The number of rotatable bonds is 2. The largest absolute Gasteiger partial charge is 0.353 e. The molecule has 0 bridgehead atoms. The van der Waals surface area contributed by atoms with Crippen LogP contribution in [0.3, 0.4) is 0 Å². The molecule has 0 aliphatic carbocycles. The van der Waals surface area contributed by atoms with Crippen LogP contribution in [0, 0.1) is 18.3 Å². The zero-order chi connectivity index (χ0) is 13.2. The molecule has 1 unspecified atom stereocenters. The fourth-order valence-electron chi connectivity index (χ4n) is 2.36. The molecule has 1 fully saturated rings. The minimum absolute atomic E-state index is 0.296. The summed E-state index contributed by atoms with van der Waals surface area (Å²) in [4.78, 5) is 10.9. The Morgan fingerprint density at radius 2 is 2.26 bits per heavy atom. The summed E-state index contributed by atoms with van der Waals surface area (Å²) >= 11 is 0. The number of hydrogen-bond donors (Lipinski definition) is 0. The zero-order valence-corrected chi connectivity index (χ0v) is 10.7. The van der Waals surface area contributed by atoms with Crippen molar-refractivity contribution < 1.29 is 0 Å². The summed E-state index contributed by atoms with van der Waals surface area (Å²) in [5.41, 5.74) is 1.53. The van der Waals surface area contributed by atoms with Crippen molar-refractivity contribution in [3.63, 3.8) is 0 Å². The molecular formula is C13H14N6. The first-order chi connectivity index (χ1) is 9.26. The Morgan fingerprint density at radius 3 is 3.00 bits per heavy atom. The molecule has 1 aliphatic heterocycles. The van der Waals surface area contributed by atoms with E-state index in [-0.39, 0.29) is 0 Å². The van der Waals surface area contributed by atoms with Gasteiger partial charge in [0.25, 0.3) is 0 Å². The molecule has 0 N–H and O–H groups in total. The van der Waals surface area contributed by atoms with Crippen LogP contribution in [0.2, 0.25) is 0 Å². The van der Waals surface area contributed by atoms with Crippen molar-refractivity contribution in [2.75, 3.05) is 18.0 Å². The van der Waals surface area contributed by atoms with Crippen LogP contribution in [0.4, 0.5) is 5.82 Å². The minimum Gasteiger partial charge on any atom is -0.353 e. The van der Waals surface area contributed by atoms with Crippen LogP contribution in [-0.2, 0) is 0 Å². The fourth-order valence-corrected chi connectivity index (χ4v) is 2.36. The standard InChI is InChI=1S/C13H14N6/c1-10-5-15-7-13(17-10)18-3-2-12(9-18)19-8-11(4-14)6-16-19/h5-8,12H,2-3,9H2,1H3. The quantitative estimate of drug-likeness (QED) is 0.808. The number of aryl methyl sites for hydroxylation is 1. The second kappa shape index (κ2) is 4.69. The molecule has 6 heteroatoms. The average molecular weight is 254 g/mol. The molecule has 2 aromatic rings. The monoisotopic (exact) mass is 254 g/mol. The Bertz CT molecular complexity index is 626. The van der Waals surface area contributed by atoms with Crippen molar-refractivity contribution in [1.82, 2.24) is 19.7 Å². The number of hydrogen-bond acceptors (Lipinski definition) is 5. The van der Waals surface area contributed by atoms with Gasteiger partial charge in [0.2, 0.25) is 0 Å². The summed E-state index contributed by atoms with van der Waals surface area (Å²) in [6, 6.07) is 2.40. The number of nitrogens with zero attached hydrogens (tertiary/aromatic N) is 6. The van der Waals surface area contributed by atoms with Gasteiger partial charge in [-0.1, -0.05) is 0 Å². The SMILES string of the molecule is Cc1cncc(N2CCC(n3cc(C#N)cn3)C2)n1. The Morgan fingerprint density at radius 1 is 1.37 bits per heavy atom. The van der Waals surface area contributed by atoms with Crippen molar-refractivity contribution in [1.29, 1.82) is 5.26 Å². The van der Waals surface area contributed by atoms with E-state index in [2.05, 4.69) is 26.0 Å². The van der Waals surface area contributed by atoms with Crippen LogP contribution in [0.15, 0.2) is 24.8 Å². The second-order valence-electron chi connectivity index (χ2n) is 4.73. The Balaban J connectivity index is 1.75. The lowest BCUT2D eigenvalue weighted by molar-refractivity contribution is 0.494. The minimum atomic E-state index is 0.296. The van der Waals surface area contributed by atoms with E-state index in [1.54, 1.807) is 24.8 Å². The average Bonchev–Trinajstić information content (AvgIpc) is 3.07. The topological polar surface area (TPSA) is 70.6 Å². The summed E-state index contributed by atoms with van der Waals surface area (Å²) in [5, 5.41) is 13.1. The van der Waals surface area contributed by atoms with E-state index >= 15 is 0 Å². The molecule has 19 heavy (non-hydrogen) atoms. The third-order valence-corrected chi connectivity index (χ3v) is 3.33. The highest BCUT2D eigenvalue weighted by Gasteiger charge is 2.25. The Labute approximate surface area is 111 Å². The van der Waals surface area contributed by atoms with E-state index in [4.69, 9.17) is 5.26 Å². The maximum atomic E-state index is 8.82. The van der Waals surface area contributed by atoms with E-state index in [0.29, 0.717) is 11.6 Å². The van der Waals surface area contributed by atoms with Gasteiger partial charge in [0, 0.05) is 25.5 Å². The molecule has 96 valence electrons. The molecule has 0 saturated carbocycles. The van der Waals surface area contributed by atoms with Gasteiger partial charge < -0.3 is 4.90 Å². The van der Waals surface area contributed by atoms with Crippen LogP contribution < -0.4 is 4.90 Å². The van der Waals surface area contributed by atoms with Gasteiger partial charge in [-0.15, -0.1) is 0 Å². The van der Waals surface area contributed by atoms with Crippen molar-refractivity contribution in [3.8, 4) is 6.07 Å². The second-order valence-corrected chi connectivity index (χ2v) is 4.73. The van der Waals surface area contributed by atoms with Crippen LogP contribution in [0.25, 0.3) is 0 Å². The maximum absolute atomic E-state index is 8.82. The van der Waals surface area contributed by atoms with Crippen molar-refractivity contribution in [2.24, 2.45) is 0 Å². The molecule has 0 radical (unpaired) electrons. The van der Waals surface area contributed by atoms with Gasteiger partial charge in [0.1, 0.15) is 11.9 Å². The van der Waals surface area contributed by atoms with E-state index in [1.165, 1.54) is 0 Å². The predicted molar refractivity (Wildman–Crippen MR) is 69.6 cm³/mol. The molecule has 6 nitrogen and oxygen atoms in total. The van der Waals surface area contributed by atoms with Crippen LogP contribution in [-0.4, -0.2) is 32.8 Å². The summed E-state index contributed by atoms with van der Waals surface area (Å²) in [7, 11) is 0. The lowest BCUT2D eigenvalue weighted by atomic mass is 10.3. The van der Waals surface area contributed by atoms with E-state index < -0.39 is 0 Å². The summed E-state index contributed by atoms with van der Waals surface area (Å²) in [6.45, 7) is 3.73. The zero-order valence-electron chi connectivity index (χ0n) is 10.7. The molecule has 3 rings (SSSR count). The number of aromatic nitrogens is 4. The van der Waals surface area contributed by atoms with E-state index in [1.807, 2.05) is 11.6 Å². The molecule has 1 saturated heterocycles. The lowest BCUT2D eigenvalue weighted by Gasteiger charge is -2.17. The van der Waals surface area contributed by atoms with Gasteiger partial charge >= 0.3 is 0 Å². The maximum Gasteiger partial charge on any atom is 0.147 e. The third kappa shape index (κ3) is 2.27. The van der Waals surface area contributed by atoms with Gasteiger partial charge in [-0.25, -0.2) is 4.98 Å². The molecule has 3 heterocycles. The van der Waals surface area contributed by atoms with Gasteiger partial charge in [0.05, 0.1) is 29.7 Å². The van der Waals surface area contributed by atoms with Crippen molar-refractivity contribution in [2.45, 2.75) is 19.4 Å². The predicted octanol–water partition coefficient (Wildman–Crippen LogP) is 1.30. The van der Waals surface area contributed by atoms with Gasteiger partial charge in [0.15, 0.2) is 0 Å². The molecular weight excluding hydrogens is 240 g/mol. The van der Waals surface area contributed by atoms with Crippen molar-refractivity contribution >= 4 is 5.82 Å². The van der Waals surface area contributed by atoms with Crippen molar-refractivity contribution in [3.05, 3.63) is 36.0 Å². The highest BCUT2D eigenvalue weighted by atomic mass is 15.3. The number of nitriles is 1. The van der Waals surface area contributed by atoms with E-state index in [9.17, 15) is 0 Å². The third-order valence-electron chi connectivity index (χ3n) is 3.33. The molecule has 0 spiro atoms. The van der Waals surface area contributed by atoms with E-state index in [0.717, 1.165) is 31.0 Å². The molecule has 1 atom stereocenters. The first kappa shape index (κ1) is 11.7. The smallest absolute Gasteiger partial charge is 0.147 e. The summed E-state index contributed by atoms with van der Waals surface area (Å²) < 4.78 is 1.88. The summed E-state index contributed by atoms with van der Waals surface area (Å²) in [6.07, 6.45) is 7.95. The normalized spacial score (nSPS) is 18.5. The molecule has 0 amide bonds. The first-order valence-electron chi connectivity index (χ1n) is 6.24. The summed E-state index contributed by atoms with van der Waals surface area (Å²) in [5.74, 6) is 0.912. The highest BCUT2D eigenvalue weighted by Crippen LogP contribution is 2.25. The number of anilines is 1. The van der Waals surface area contributed by atoms with Gasteiger partial charge in [-0.05, 0) is 13.3 Å². The molecule has 2 aromatic heterocycles. The first-order valence-corrected chi connectivity index (χ1v) is 6.24. The molecule has 0 aromatic carbocycles. The Hall–Kier alpha value is -2.42. The van der Waals surface area contributed by atoms with Crippen LogP contribution in [0.5, 0.6) is 0 Å². The van der Waals surface area contributed by atoms with Gasteiger partial charge in [-0.3, -0.25) is 9.67 Å².